The fourth-order valence-electron chi connectivity index (χ4n) is 3.54. The van der Waals surface area contributed by atoms with Gasteiger partial charge in [-0.25, -0.2) is 14.5 Å². The van der Waals surface area contributed by atoms with Crippen LogP contribution in [-0.4, -0.2) is 50.5 Å². The Morgan fingerprint density at radius 2 is 1.81 bits per heavy atom. The van der Waals surface area contributed by atoms with Gasteiger partial charge in [0.15, 0.2) is 5.65 Å². The molecule has 4 aromatic rings. The minimum atomic E-state index is 0.682. The predicted octanol–water partition coefficient (Wildman–Crippen LogP) is 2.48. The number of aromatic nitrogens is 5. The fraction of sp³-hybridized carbons (Fsp3) is 0.250. The molecule has 27 heavy (non-hydrogen) atoms. The van der Waals surface area contributed by atoms with E-state index in [0.717, 1.165) is 49.0 Å². The summed E-state index contributed by atoms with van der Waals surface area (Å²) in [5.74, 6) is 0.945. The van der Waals surface area contributed by atoms with Crippen LogP contribution < -0.4 is 4.90 Å². The van der Waals surface area contributed by atoms with Gasteiger partial charge in [0.05, 0.1) is 25.5 Å². The van der Waals surface area contributed by atoms with Crippen molar-refractivity contribution in [2.45, 2.75) is 6.54 Å². The molecule has 7 heteroatoms. The molecule has 1 aliphatic heterocycles. The van der Waals surface area contributed by atoms with Crippen molar-refractivity contribution in [1.29, 1.82) is 0 Å². The molecule has 0 unspecified atom stereocenters. The monoisotopic (exact) mass is 360 g/mol. The lowest BCUT2D eigenvalue weighted by Crippen LogP contribution is -2.36. The normalized spacial score (nSPS) is 14.7. The van der Waals surface area contributed by atoms with Crippen LogP contribution in [0.4, 0.5) is 5.69 Å². The smallest absolute Gasteiger partial charge is 0.155 e. The maximum atomic E-state index is 5.43. The third-order valence-corrected chi connectivity index (χ3v) is 4.93. The van der Waals surface area contributed by atoms with Crippen LogP contribution in [0.25, 0.3) is 17.0 Å². The van der Waals surface area contributed by atoms with Crippen LogP contribution in [0.3, 0.4) is 0 Å². The van der Waals surface area contributed by atoms with E-state index in [1.807, 2.05) is 29.0 Å². The second kappa shape index (κ2) is 6.85. The van der Waals surface area contributed by atoms with Gasteiger partial charge in [0, 0.05) is 36.7 Å². The average molecular weight is 360 g/mol. The molecule has 1 aliphatic rings. The molecule has 0 aliphatic carbocycles. The van der Waals surface area contributed by atoms with Gasteiger partial charge in [-0.05, 0) is 36.4 Å². The van der Waals surface area contributed by atoms with Crippen molar-refractivity contribution in [3.05, 3.63) is 66.9 Å². The average Bonchev–Trinajstić information content (AvgIpc) is 3.39. The Kier molecular flexibility index (Phi) is 4.06. The lowest BCUT2D eigenvalue weighted by molar-refractivity contribution is 0.122. The summed E-state index contributed by atoms with van der Waals surface area (Å²) in [5, 5.41) is 4.32. The first-order valence-corrected chi connectivity index (χ1v) is 9.10. The minimum Gasteiger partial charge on any atom is -0.378 e. The number of ether oxygens (including phenoxy) is 1. The van der Waals surface area contributed by atoms with Crippen molar-refractivity contribution in [2.75, 3.05) is 31.2 Å². The van der Waals surface area contributed by atoms with Crippen molar-refractivity contribution in [3.8, 4) is 11.4 Å². The van der Waals surface area contributed by atoms with E-state index in [0.29, 0.717) is 6.54 Å². The summed E-state index contributed by atoms with van der Waals surface area (Å²) in [7, 11) is 0. The summed E-state index contributed by atoms with van der Waals surface area (Å²) in [6.07, 6.45) is 5.42. The summed E-state index contributed by atoms with van der Waals surface area (Å²) >= 11 is 0. The van der Waals surface area contributed by atoms with Crippen molar-refractivity contribution in [1.82, 2.24) is 24.1 Å². The number of nitrogens with zero attached hydrogens (tertiary/aromatic N) is 6. The molecule has 136 valence electrons. The van der Waals surface area contributed by atoms with Crippen molar-refractivity contribution in [3.63, 3.8) is 0 Å². The van der Waals surface area contributed by atoms with Crippen LogP contribution in [0.15, 0.2) is 61.2 Å². The lowest BCUT2D eigenvalue weighted by atomic mass is 10.1. The highest BCUT2D eigenvalue weighted by Gasteiger charge is 2.13. The molecule has 7 nitrogen and oxygen atoms in total. The molecule has 0 spiro atoms. The zero-order valence-corrected chi connectivity index (χ0v) is 14.9. The zero-order chi connectivity index (χ0) is 18.1. The Labute approximate surface area is 156 Å². The van der Waals surface area contributed by atoms with Gasteiger partial charge >= 0.3 is 0 Å². The van der Waals surface area contributed by atoms with Gasteiger partial charge in [0.25, 0.3) is 0 Å². The zero-order valence-electron chi connectivity index (χ0n) is 14.9. The third kappa shape index (κ3) is 3.06. The van der Waals surface area contributed by atoms with Crippen LogP contribution >= 0.6 is 0 Å². The molecule has 0 bridgehead atoms. The van der Waals surface area contributed by atoms with E-state index < -0.39 is 0 Å². The fourth-order valence-corrected chi connectivity index (χ4v) is 3.54. The van der Waals surface area contributed by atoms with Crippen LogP contribution in [0.5, 0.6) is 0 Å². The number of imidazole rings is 1. The molecule has 1 fully saturated rings. The molecule has 0 saturated carbocycles. The Bertz CT molecular complexity index is 1050. The molecule has 0 atom stereocenters. The Morgan fingerprint density at radius 3 is 2.67 bits per heavy atom. The molecule has 0 N–H and O–H groups in total. The number of hydrogen-bond acceptors (Lipinski definition) is 5. The second-order valence-corrected chi connectivity index (χ2v) is 6.57. The summed E-state index contributed by atoms with van der Waals surface area (Å²) in [5.41, 5.74) is 4.24. The highest BCUT2D eigenvalue weighted by Crippen LogP contribution is 2.23. The van der Waals surface area contributed by atoms with E-state index in [9.17, 15) is 0 Å². The largest absolute Gasteiger partial charge is 0.378 e. The van der Waals surface area contributed by atoms with E-state index >= 15 is 0 Å². The van der Waals surface area contributed by atoms with Crippen LogP contribution in [0.1, 0.15) is 5.69 Å². The van der Waals surface area contributed by atoms with Gasteiger partial charge < -0.3 is 14.2 Å². The number of fused-ring (bicyclic) bond motifs is 1. The molecule has 0 amide bonds. The van der Waals surface area contributed by atoms with Gasteiger partial charge in [-0.3, -0.25) is 0 Å². The first kappa shape index (κ1) is 16.0. The predicted molar refractivity (Wildman–Crippen MR) is 103 cm³/mol. The molecule has 3 aromatic heterocycles. The number of morpholine rings is 1. The number of anilines is 1. The number of hydrogen-bond donors (Lipinski definition) is 0. The van der Waals surface area contributed by atoms with Gasteiger partial charge in [-0.1, -0.05) is 6.07 Å². The van der Waals surface area contributed by atoms with Crippen molar-refractivity contribution < 1.29 is 4.74 Å². The molecular formula is C20H20N6O. The summed E-state index contributed by atoms with van der Waals surface area (Å²) in [4.78, 5) is 11.2. The first-order chi connectivity index (χ1) is 13.4. The molecule has 5 rings (SSSR count). The maximum absolute atomic E-state index is 5.43. The first-order valence-electron chi connectivity index (χ1n) is 9.10. The van der Waals surface area contributed by atoms with E-state index in [2.05, 4.69) is 54.9 Å². The van der Waals surface area contributed by atoms with Crippen molar-refractivity contribution >= 4 is 11.3 Å². The Balaban J connectivity index is 1.42. The third-order valence-electron chi connectivity index (χ3n) is 4.93. The molecular weight excluding hydrogens is 340 g/mol. The minimum absolute atomic E-state index is 0.682. The van der Waals surface area contributed by atoms with E-state index in [4.69, 9.17) is 4.74 Å². The number of rotatable bonds is 4. The standard InChI is InChI=1S/C20H20N6O/c1-2-18(26-19(3-1)22-15-23-26)14-25-9-8-21-20(25)16-4-6-17(7-5-16)24-10-12-27-13-11-24/h1-9,15H,10-14H2. The Hall–Kier alpha value is -3.19. The number of pyridine rings is 1. The van der Waals surface area contributed by atoms with Crippen LogP contribution in [-0.2, 0) is 11.3 Å². The highest BCUT2D eigenvalue weighted by atomic mass is 16.5. The van der Waals surface area contributed by atoms with E-state index in [1.54, 1.807) is 6.33 Å². The van der Waals surface area contributed by atoms with Gasteiger partial charge in [0.1, 0.15) is 12.2 Å². The SMILES string of the molecule is c1cc(Cn2ccnc2-c2ccc(N3CCOCC3)cc2)n2ncnc2c1. The lowest BCUT2D eigenvalue weighted by Gasteiger charge is -2.28. The van der Waals surface area contributed by atoms with Crippen molar-refractivity contribution in [2.24, 2.45) is 0 Å². The van der Waals surface area contributed by atoms with Gasteiger partial charge in [-0.15, -0.1) is 0 Å². The summed E-state index contributed by atoms with van der Waals surface area (Å²) in [6, 6.07) is 14.6. The second-order valence-electron chi connectivity index (χ2n) is 6.57. The highest BCUT2D eigenvalue weighted by molar-refractivity contribution is 5.61. The van der Waals surface area contributed by atoms with E-state index in [1.165, 1.54) is 5.69 Å². The molecule has 4 heterocycles. The van der Waals surface area contributed by atoms with Crippen LogP contribution in [0.2, 0.25) is 0 Å². The van der Waals surface area contributed by atoms with Gasteiger partial charge in [0.2, 0.25) is 0 Å². The molecule has 0 radical (unpaired) electrons. The molecule has 1 aromatic carbocycles. The topological polar surface area (TPSA) is 60.5 Å². The van der Waals surface area contributed by atoms with E-state index in [-0.39, 0.29) is 0 Å². The summed E-state index contributed by atoms with van der Waals surface area (Å²) in [6.45, 7) is 4.15. The maximum Gasteiger partial charge on any atom is 0.155 e. The van der Waals surface area contributed by atoms with Gasteiger partial charge in [-0.2, -0.15) is 5.10 Å². The summed E-state index contributed by atoms with van der Waals surface area (Å²) < 4.78 is 9.44. The van der Waals surface area contributed by atoms with Crippen LogP contribution in [0, 0.1) is 0 Å². The molecule has 1 saturated heterocycles. The quantitative estimate of drug-likeness (QED) is 0.560. The number of benzene rings is 1. The Morgan fingerprint density at radius 1 is 0.963 bits per heavy atom.